The molecule has 27 rings (SSSR count). The van der Waals surface area contributed by atoms with Crippen LogP contribution in [0.2, 0.25) is 0 Å². The lowest BCUT2D eigenvalue weighted by Crippen LogP contribution is -2.43. The van der Waals surface area contributed by atoms with Gasteiger partial charge in [0.15, 0.2) is 52.4 Å². The molecule has 142 heavy (non-hydrogen) atoms. The summed E-state index contributed by atoms with van der Waals surface area (Å²) in [6.07, 6.45) is 0. The number of aromatic nitrogens is 9. The van der Waals surface area contributed by atoms with Crippen molar-refractivity contribution < 1.29 is 4.42 Å². The summed E-state index contributed by atoms with van der Waals surface area (Å²) in [6, 6.07) is 135. The summed E-state index contributed by atoms with van der Waals surface area (Å²) in [5.41, 5.74) is 28.3. The first-order chi connectivity index (χ1) is 68.9. The number of hydrogen-bond donors (Lipinski definition) is 0. The maximum absolute atomic E-state index is 6.25. The first-order valence-corrected chi connectivity index (χ1v) is 51.2. The van der Waals surface area contributed by atoms with Gasteiger partial charge in [0, 0.05) is 132 Å². The van der Waals surface area contributed by atoms with E-state index < -0.39 is 0 Å². The van der Waals surface area contributed by atoms with Crippen LogP contribution in [0.5, 0.6) is 0 Å². The monoisotopic (exact) mass is 1890 g/mol. The molecule has 0 aliphatic heterocycles. The Morgan fingerprint density at radius 1 is 0.176 bits per heavy atom. The van der Waals surface area contributed by atoms with Crippen LogP contribution in [0.25, 0.3) is 229 Å². The standard InChI is InChI=1S/C45H33N3OS.C45H35N3S.C39H31N3S/c1-44(2)33-25-27(21-22-28(33)29-23-24-37-39(40(29)45(44,3)4)31-16-9-11-20-36(31)50-37)42-46-41(26-13-6-5-7-14-26)47-43(48-42)32-17-12-19-35-38(32)30-15-8-10-18-34(30)49-35;1-44(2)37-24-23-32(25-34(37)35-27-40-36(26-38(35)45(44,3)4)33-17-11-12-18-39(33)49-40)28-19-21-31(22-20-28)43-47-41(29-13-7-5-8-14-29)46-42(48-43)30-15-9-6-10-16-30;1-38(2)31-23-26(37-41-35(24-13-7-5-8-14-24)40-36(42-37)25-15-9-6-10-16-25)19-20-27(31)29-21-22-30-28-17-11-12-18-32(28)43-34(30)33(29)39(38,3)4/h5-25H,1-4H3;5-27H,1-4H3;5-23H,1-4H3. The molecule has 24 aromatic rings. The third kappa shape index (κ3) is 14.2. The van der Waals surface area contributed by atoms with Crippen LogP contribution in [0.15, 0.2) is 387 Å². The molecule has 7 heterocycles. The second kappa shape index (κ2) is 33.5. The van der Waals surface area contributed by atoms with Crippen molar-refractivity contribution in [2.24, 2.45) is 0 Å². The molecule has 0 bridgehead atoms. The molecule has 3 aliphatic carbocycles. The smallest absolute Gasteiger partial charge is 0.164 e. The Bertz CT molecular complexity index is 9100. The van der Waals surface area contributed by atoms with Crippen molar-refractivity contribution in [2.45, 2.75) is 116 Å². The van der Waals surface area contributed by atoms with E-state index in [2.05, 4.69) is 320 Å². The Kier molecular flexibility index (Phi) is 20.7. The maximum Gasteiger partial charge on any atom is 0.164 e. The zero-order chi connectivity index (χ0) is 96.5. The number of hydrogen-bond acceptors (Lipinski definition) is 13. The fourth-order valence-corrected chi connectivity index (χ4v) is 25.8. The first kappa shape index (κ1) is 87.7. The zero-order valence-electron chi connectivity index (χ0n) is 81.0. The van der Waals surface area contributed by atoms with Crippen LogP contribution in [-0.4, -0.2) is 44.9 Å². The van der Waals surface area contributed by atoms with Gasteiger partial charge in [-0.25, -0.2) is 44.9 Å². The normalized spacial score (nSPS) is 14.7. The Morgan fingerprint density at radius 2 is 0.528 bits per heavy atom. The molecule has 684 valence electrons. The zero-order valence-corrected chi connectivity index (χ0v) is 83.5. The largest absolute Gasteiger partial charge is 0.456 e. The van der Waals surface area contributed by atoms with Crippen LogP contribution >= 0.6 is 34.0 Å². The van der Waals surface area contributed by atoms with Crippen LogP contribution in [0.1, 0.15) is 116 Å². The van der Waals surface area contributed by atoms with Crippen LogP contribution < -0.4 is 0 Å². The minimum absolute atomic E-state index is 0.0442. The topological polar surface area (TPSA) is 129 Å². The lowest BCUT2D eigenvalue weighted by atomic mass is 9.54. The summed E-state index contributed by atoms with van der Waals surface area (Å²) in [6.45, 7) is 28.9. The molecule has 0 saturated heterocycles. The number of furan rings is 1. The van der Waals surface area contributed by atoms with E-state index in [1.807, 2.05) is 180 Å². The van der Waals surface area contributed by atoms with E-state index in [1.165, 1.54) is 138 Å². The third-order valence-electron chi connectivity index (χ3n) is 31.9. The lowest BCUT2D eigenvalue weighted by molar-refractivity contribution is 0.299. The average Bonchev–Trinajstić information content (AvgIpc) is 1.34. The third-order valence-corrected chi connectivity index (χ3v) is 35.3. The fraction of sp³-hybridized carbons (Fsp3) is 0.140. The van der Waals surface area contributed by atoms with E-state index in [0.29, 0.717) is 52.4 Å². The van der Waals surface area contributed by atoms with E-state index in [1.54, 1.807) is 0 Å². The van der Waals surface area contributed by atoms with E-state index in [-0.39, 0.29) is 32.5 Å². The first-order valence-electron chi connectivity index (χ1n) is 48.8. The number of nitrogens with zero attached hydrogens (tertiary/aromatic N) is 9. The Balaban J connectivity index is 0.000000112. The SMILES string of the molecule is CC1(C)c2cc(-c3nc(-c4ccccc4)nc(-c4cccc5oc6ccccc6c45)n3)ccc2-c2ccc3sc4ccccc4c3c2C1(C)C.CC1(C)c2cc(-c3nc(-c4ccccc4)nc(-c4ccccc4)n3)ccc2-c2ccc3c(sc4ccccc43)c2C1(C)C.CC1(C)c2ccc(-c3ccc(-c4nc(-c5ccccc5)nc(-c5ccccc5)n4)cc3)cc2-c2cc3sc4ccccc4c3cc2C1(C)C. The molecule has 13 heteroatoms. The highest BCUT2D eigenvalue weighted by atomic mass is 32.1. The van der Waals surface area contributed by atoms with Crippen molar-refractivity contribution in [1.29, 1.82) is 0 Å². The number of benzene rings is 17. The van der Waals surface area contributed by atoms with E-state index >= 15 is 0 Å². The molecule has 0 fully saturated rings. The minimum atomic E-state index is -0.192. The molecule has 3 aliphatic rings. The summed E-state index contributed by atoms with van der Waals surface area (Å²) >= 11 is 5.71. The molecule has 7 aromatic heterocycles. The number of thiophene rings is 3. The summed E-state index contributed by atoms with van der Waals surface area (Å²) in [5, 5.41) is 10.2. The fourth-order valence-electron chi connectivity index (χ4n) is 22.2. The average molecular weight is 1890 g/mol. The second-order valence-electron chi connectivity index (χ2n) is 41.0. The summed E-state index contributed by atoms with van der Waals surface area (Å²) < 4.78 is 14.4. The van der Waals surface area contributed by atoms with Gasteiger partial charge in [0.05, 0.1) is 0 Å². The van der Waals surface area contributed by atoms with Gasteiger partial charge < -0.3 is 4.42 Å². The second-order valence-corrected chi connectivity index (χ2v) is 44.3. The van der Waals surface area contributed by atoms with Gasteiger partial charge in [-0.1, -0.05) is 399 Å². The van der Waals surface area contributed by atoms with Crippen molar-refractivity contribution in [2.75, 3.05) is 0 Å². The van der Waals surface area contributed by atoms with Crippen LogP contribution in [-0.2, 0) is 32.5 Å². The van der Waals surface area contributed by atoms with Crippen LogP contribution in [0.3, 0.4) is 0 Å². The van der Waals surface area contributed by atoms with Gasteiger partial charge in [-0.2, -0.15) is 0 Å². The van der Waals surface area contributed by atoms with Gasteiger partial charge in [0.2, 0.25) is 0 Å². The quantitative estimate of drug-likeness (QED) is 0.130. The molecule has 0 radical (unpaired) electrons. The Morgan fingerprint density at radius 3 is 1.05 bits per heavy atom. The highest BCUT2D eigenvalue weighted by molar-refractivity contribution is 7.26. The molecule has 0 spiro atoms. The highest BCUT2D eigenvalue weighted by Crippen LogP contribution is 2.62. The molecule has 0 unspecified atom stereocenters. The summed E-state index contributed by atoms with van der Waals surface area (Å²) in [5.74, 6) is 5.97. The van der Waals surface area contributed by atoms with E-state index in [0.717, 1.165) is 72.0 Å². The van der Waals surface area contributed by atoms with E-state index in [4.69, 9.17) is 49.3 Å². The predicted octanol–water partition coefficient (Wildman–Crippen LogP) is 35.0. The van der Waals surface area contributed by atoms with Gasteiger partial charge in [-0.05, 0) is 166 Å². The van der Waals surface area contributed by atoms with Crippen molar-refractivity contribution in [3.05, 3.63) is 416 Å². The van der Waals surface area contributed by atoms with Crippen molar-refractivity contribution in [3.8, 4) is 147 Å². The molecule has 0 saturated carbocycles. The number of para-hydroxylation sites is 1. The van der Waals surface area contributed by atoms with Gasteiger partial charge in [-0.15, -0.1) is 34.0 Å². The van der Waals surface area contributed by atoms with Crippen LogP contribution in [0, 0.1) is 0 Å². The summed E-state index contributed by atoms with van der Waals surface area (Å²) in [4.78, 5) is 45.1. The van der Waals surface area contributed by atoms with Crippen molar-refractivity contribution >= 4 is 116 Å². The molecule has 17 aromatic carbocycles. The van der Waals surface area contributed by atoms with E-state index in [9.17, 15) is 0 Å². The number of rotatable bonds is 10. The van der Waals surface area contributed by atoms with Gasteiger partial charge in [-0.3, -0.25) is 0 Å². The van der Waals surface area contributed by atoms with Crippen LogP contribution in [0.4, 0.5) is 0 Å². The van der Waals surface area contributed by atoms with Crippen molar-refractivity contribution in [1.82, 2.24) is 44.9 Å². The van der Waals surface area contributed by atoms with Gasteiger partial charge in [0.25, 0.3) is 0 Å². The molecule has 0 N–H and O–H groups in total. The molecule has 0 amide bonds. The van der Waals surface area contributed by atoms with Gasteiger partial charge >= 0.3 is 0 Å². The maximum atomic E-state index is 6.25. The molecular weight excluding hydrogens is 1790 g/mol. The number of fused-ring (bicyclic) bond motifs is 23. The van der Waals surface area contributed by atoms with Crippen molar-refractivity contribution in [3.63, 3.8) is 0 Å². The Labute approximate surface area is 837 Å². The molecule has 10 nitrogen and oxygen atoms in total. The molecule has 0 atom stereocenters. The predicted molar refractivity (Wildman–Crippen MR) is 594 cm³/mol. The molecular formula is C129H99N9OS3. The Hall–Kier alpha value is -15.8. The van der Waals surface area contributed by atoms with Gasteiger partial charge in [0.1, 0.15) is 11.2 Å². The summed E-state index contributed by atoms with van der Waals surface area (Å²) in [7, 11) is 0. The highest BCUT2D eigenvalue weighted by Gasteiger charge is 2.51. The minimum Gasteiger partial charge on any atom is -0.456 e. The lowest BCUT2D eigenvalue weighted by Gasteiger charge is -2.48.